The zero-order valence-corrected chi connectivity index (χ0v) is 9.24. The summed E-state index contributed by atoms with van der Waals surface area (Å²) in [7, 11) is 0. The van der Waals surface area contributed by atoms with E-state index < -0.39 is 0 Å². The Morgan fingerprint density at radius 3 is 2.88 bits per heavy atom. The van der Waals surface area contributed by atoms with Gasteiger partial charge in [0.25, 0.3) is 5.91 Å². The minimum atomic E-state index is -0.119. The highest BCUT2D eigenvalue weighted by Crippen LogP contribution is 2.27. The first kappa shape index (κ1) is 11.1. The van der Waals surface area contributed by atoms with Crippen LogP contribution in [-0.4, -0.2) is 32.0 Å². The van der Waals surface area contributed by atoms with Crippen molar-refractivity contribution in [3.8, 4) is 0 Å². The standard InChI is InChI=1S/C11H10ClNO3/c12-9-5-8(6-14)1-2-10(9)13-3-4-16-7-11(13)15/h1-2,5-6H,3-4,7H2. The van der Waals surface area contributed by atoms with Crippen LogP contribution in [0.5, 0.6) is 0 Å². The third-order valence-corrected chi connectivity index (χ3v) is 2.69. The quantitative estimate of drug-likeness (QED) is 0.735. The molecular weight excluding hydrogens is 230 g/mol. The van der Waals surface area contributed by atoms with Gasteiger partial charge in [-0.25, -0.2) is 0 Å². The molecule has 0 aliphatic carbocycles. The first-order chi connectivity index (χ1) is 7.72. The maximum atomic E-state index is 11.6. The lowest BCUT2D eigenvalue weighted by Gasteiger charge is -2.27. The van der Waals surface area contributed by atoms with Crippen LogP contribution in [0, 0.1) is 0 Å². The van der Waals surface area contributed by atoms with Crippen molar-refractivity contribution in [2.75, 3.05) is 24.7 Å². The van der Waals surface area contributed by atoms with E-state index in [9.17, 15) is 9.59 Å². The summed E-state index contributed by atoms with van der Waals surface area (Å²) < 4.78 is 5.03. The van der Waals surface area contributed by atoms with Crippen molar-refractivity contribution in [3.63, 3.8) is 0 Å². The molecule has 16 heavy (non-hydrogen) atoms. The maximum absolute atomic E-state index is 11.6. The summed E-state index contributed by atoms with van der Waals surface area (Å²) in [4.78, 5) is 23.7. The number of carbonyl (C=O) groups is 2. The van der Waals surface area contributed by atoms with Gasteiger partial charge in [0.15, 0.2) is 0 Å². The van der Waals surface area contributed by atoms with Gasteiger partial charge in [-0.1, -0.05) is 11.6 Å². The van der Waals surface area contributed by atoms with Crippen molar-refractivity contribution in [1.29, 1.82) is 0 Å². The van der Waals surface area contributed by atoms with Crippen LogP contribution in [0.1, 0.15) is 10.4 Å². The van der Waals surface area contributed by atoms with Crippen molar-refractivity contribution >= 4 is 29.5 Å². The molecule has 4 nitrogen and oxygen atoms in total. The van der Waals surface area contributed by atoms with E-state index in [0.717, 1.165) is 6.29 Å². The molecule has 0 aromatic heterocycles. The number of morpholine rings is 1. The first-order valence-corrected chi connectivity index (χ1v) is 5.23. The van der Waals surface area contributed by atoms with Gasteiger partial charge in [0.1, 0.15) is 12.9 Å². The summed E-state index contributed by atoms with van der Waals surface area (Å²) in [6.45, 7) is 1.06. The van der Waals surface area contributed by atoms with Crippen LogP contribution in [-0.2, 0) is 9.53 Å². The van der Waals surface area contributed by atoms with Gasteiger partial charge in [-0.3, -0.25) is 9.59 Å². The number of carbonyl (C=O) groups excluding carboxylic acids is 2. The molecular formula is C11H10ClNO3. The molecule has 1 aromatic carbocycles. The van der Waals surface area contributed by atoms with Crippen LogP contribution < -0.4 is 4.90 Å². The molecule has 0 unspecified atom stereocenters. The molecule has 1 amide bonds. The molecule has 0 spiro atoms. The van der Waals surface area contributed by atoms with Crippen LogP contribution >= 0.6 is 11.6 Å². The third-order valence-electron chi connectivity index (χ3n) is 2.38. The fourth-order valence-corrected chi connectivity index (χ4v) is 1.88. The van der Waals surface area contributed by atoms with Gasteiger partial charge in [-0.15, -0.1) is 0 Å². The molecule has 1 saturated heterocycles. The van der Waals surface area contributed by atoms with Crippen molar-refractivity contribution in [2.24, 2.45) is 0 Å². The Labute approximate surface area is 97.7 Å². The molecule has 0 radical (unpaired) electrons. The zero-order chi connectivity index (χ0) is 11.5. The fraction of sp³-hybridized carbons (Fsp3) is 0.273. The minimum absolute atomic E-state index is 0.0752. The van der Waals surface area contributed by atoms with Gasteiger partial charge >= 0.3 is 0 Å². The van der Waals surface area contributed by atoms with E-state index in [2.05, 4.69) is 0 Å². The van der Waals surface area contributed by atoms with Gasteiger partial charge in [-0.05, 0) is 18.2 Å². The molecule has 0 N–H and O–H groups in total. The Kier molecular flexibility index (Phi) is 3.22. The molecule has 2 rings (SSSR count). The topological polar surface area (TPSA) is 46.6 Å². The van der Waals surface area contributed by atoms with Gasteiger partial charge in [0.05, 0.1) is 17.3 Å². The average Bonchev–Trinajstić information content (AvgIpc) is 2.30. The molecule has 5 heteroatoms. The first-order valence-electron chi connectivity index (χ1n) is 4.85. The lowest BCUT2D eigenvalue weighted by atomic mass is 10.2. The highest BCUT2D eigenvalue weighted by molar-refractivity contribution is 6.34. The SMILES string of the molecule is O=Cc1ccc(N2CCOCC2=O)c(Cl)c1. The number of anilines is 1. The van der Waals surface area contributed by atoms with Crippen LogP contribution in [0.15, 0.2) is 18.2 Å². The average molecular weight is 240 g/mol. The monoisotopic (exact) mass is 239 g/mol. The predicted molar refractivity (Wildman–Crippen MR) is 60.0 cm³/mol. The summed E-state index contributed by atoms with van der Waals surface area (Å²) >= 11 is 6.01. The lowest BCUT2D eigenvalue weighted by molar-refractivity contribution is -0.125. The van der Waals surface area contributed by atoms with E-state index in [0.29, 0.717) is 29.4 Å². The molecule has 0 saturated carbocycles. The van der Waals surface area contributed by atoms with E-state index >= 15 is 0 Å². The van der Waals surface area contributed by atoms with Crippen LogP contribution in [0.2, 0.25) is 5.02 Å². The Hall–Kier alpha value is -1.39. The van der Waals surface area contributed by atoms with Crippen molar-refractivity contribution in [3.05, 3.63) is 28.8 Å². The van der Waals surface area contributed by atoms with E-state index in [-0.39, 0.29) is 12.5 Å². The summed E-state index contributed by atoms with van der Waals surface area (Å²) in [6.07, 6.45) is 0.719. The van der Waals surface area contributed by atoms with E-state index in [4.69, 9.17) is 16.3 Å². The summed E-state index contributed by atoms with van der Waals surface area (Å²) in [5, 5.41) is 0.403. The van der Waals surface area contributed by atoms with E-state index in [1.54, 1.807) is 23.1 Å². The van der Waals surface area contributed by atoms with Crippen molar-refractivity contribution in [2.45, 2.75) is 0 Å². The highest BCUT2D eigenvalue weighted by Gasteiger charge is 2.21. The lowest BCUT2D eigenvalue weighted by Crippen LogP contribution is -2.41. The summed E-state index contributed by atoms with van der Waals surface area (Å²) in [5.74, 6) is -0.119. The zero-order valence-electron chi connectivity index (χ0n) is 8.48. The smallest absolute Gasteiger partial charge is 0.253 e. The van der Waals surface area contributed by atoms with Crippen molar-refractivity contribution < 1.29 is 14.3 Å². The van der Waals surface area contributed by atoms with Crippen LogP contribution in [0.25, 0.3) is 0 Å². The number of ether oxygens (including phenoxy) is 1. The Balaban J connectivity index is 2.32. The van der Waals surface area contributed by atoms with E-state index in [1.165, 1.54) is 0 Å². The Morgan fingerprint density at radius 1 is 1.44 bits per heavy atom. The number of hydrogen-bond acceptors (Lipinski definition) is 3. The summed E-state index contributed by atoms with van der Waals surface area (Å²) in [5.41, 5.74) is 1.12. The molecule has 1 heterocycles. The van der Waals surface area contributed by atoms with Gasteiger partial charge in [-0.2, -0.15) is 0 Å². The molecule has 1 aliphatic heterocycles. The largest absolute Gasteiger partial charge is 0.370 e. The van der Waals surface area contributed by atoms with E-state index in [1.807, 2.05) is 0 Å². The highest BCUT2D eigenvalue weighted by atomic mass is 35.5. The van der Waals surface area contributed by atoms with Gasteiger partial charge in [0.2, 0.25) is 0 Å². The Bertz CT molecular complexity index is 433. The molecule has 1 aliphatic rings. The third kappa shape index (κ3) is 2.08. The number of nitrogens with zero attached hydrogens (tertiary/aromatic N) is 1. The second kappa shape index (κ2) is 4.63. The molecule has 1 aromatic rings. The molecule has 0 atom stereocenters. The fourth-order valence-electron chi connectivity index (χ4n) is 1.59. The number of aldehydes is 1. The maximum Gasteiger partial charge on any atom is 0.253 e. The second-order valence-electron chi connectivity index (χ2n) is 3.43. The van der Waals surface area contributed by atoms with Crippen molar-refractivity contribution in [1.82, 2.24) is 0 Å². The van der Waals surface area contributed by atoms with Crippen LogP contribution in [0.4, 0.5) is 5.69 Å². The van der Waals surface area contributed by atoms with Gasteiger partial charge < -0.3 is 9.64 Å². The number of halogens is 1. The number of rotatable bonds is 2. The second-order valence-corrected chi connectivity index (χ2v) is 3.83. The molecule has 1 fully saturated rings. The molecule has 0 bridgehead atoms. The van der Waals surface area contributed by atoms with Crippen LogP contribution in [0.3, 0.4) is 0 Å². The number of hydrogen-bond donors (Lipinski definition) is 0. The normalized spacial score (nSPS) is 16.3. The molecule has 84 valence electrons. The summed E-state index contributed by atoms with van der Waals surface area (Å²) in [6, 6.07) is 4.86. The number of amides is 1. The predicted octanol–water partition coefficient (Wildman–Crippen LogP) is 1.52. The Morgan fingerprint density at radius 2 is 2.25 bits per heavy atom. The minimum Gasteiger partial charge on any atom is -0.370 e. The van der Waals surface area contributed by atoms with Gasteiger partial charge in [0, 0.05) is 12.1 Å². The number of benzene rings is 1.